The normalized spacial score (nSPS) is 13.4. The lowest BCUT2D eigenvalue weighted by molar-refractivity contribution is 0.661. The largest absolute Gasteiger partial charge is 0.456 e. The number of benzene rings is 11. The van der Waals surface area contributed by atoms with Crippen molar-refractivity contribution in [1.82, 2.24) is 9.13 Å². The quantitative estimate of drug-likeness (QED) is 0.173. The molecule has 14 aromatic rings. The number of para-hydroxylation sites is 2. The summed E-state index contributed by atoms with van der Waals surface area (Å²) in [5, 5.41) is 9.79. The molecule has 0 fully saturated rings. The monoisotopic (exact) mass is 890 g/mol. The predicted octanol–water partition coefficient (Wildman–Crippen LogP) is 18.2. The minimum absolute atomic E-state index is 0.100. The molecule has 11 aromatic carbocycles. The van der Waals surface area contributed by atoms with E-state index in [9.17, 15) is 0 Å². The van der Waals surface area contributed by atoms with Gasteiger partial charge >= 0.3 is 0 Å². The molecule has 3 heteroatoms. The van der Waals surface area contributed by atoms with Crippen molar-refractivity contribution < 1.29 is 4.42 Å². The molecule has 2 aliphatic carbocycles. The van der Waals surface area contributed by atoms with E-state index in [0.29, 0.717) is 0 Å². The summed E-state index contributed by atoms with van der Waals surface area (Å²) in [7, 11) is 0. The highest BCUT2D eigenvalue weighted by atomic mass is 16.3. The Morgan fingerprint density at radius 1 is 0.300 bits per heavy atom. The number of hydrogen-bond donors (Lipinski definition) is 0. The first kappa shape index (κ1) is 38.1. The molecule has 70 heavy (non-hydrogen) atoms. The van der Waals surface area contributed by atoms with Gasteiger partial charge in [0.2, 0.25) is 0 Å². The Hall–Kier alpha value is -8.92. The molecule has 3 nitrogen and oxygen atoms in total. The third kappa shape index (κ3) is 5.03. The Kier molecular flexibility index (Phi) is 7.41. The summed E-state index contributed by atoms with van der Waals surface area (Å²) < 4.78 is 11.5. The molecule has 16 rings (SSSR count). The maximum atomic E-state index is 6.59. The van der Waals surface area contributed by atoms with Crippen LogP contribution in [0.2, 0.25) is 0 Å². The van der Waals surface area contributed by atoms with Gasteiger partial charge in [-0.15, -0.1) is 0 Å². The Labute approximate surface area is 403 Å². The standard InChI is InChI=1S/C67H42N2O/c1-67(2)58-24-10-8-20-47(58)52-35-55-53-33-39(26-30-60(53)68(62(55)37-59(52)67)42-15-4-3-5-16-42)40-27-31-61-54(34-40)56-36-57-48-21-9-11-25-64(48)70-65(57)38-63(56)69(61)43-17-12-14-41(32-43)44-28-29-51-46-19-7-6-18-45(46)50-23-13-22-49(44)66(50)51/h3-38H,1-2H3. The summed E-state index contributed by atoms with van der Waals surface area (Å²) in [5.41, 5.74) is 24.2. The molecule has 0 radical (unpaired) electrons. The first-order chi connectivity index (χ1) is 34.5. The van der Waals surface area contributed by atoms with Crippen LogP contribution in [-0.2, 0) is 5.41 Å². The molecule has 326 valence electrons. The Morgan fingerprint density at radius 2 is 0.886 bits per heavy atom. The highest BCUT2D eigenvalue weighted by molar-refractivity contribution is 6.20. The van der Waals surface area contributed by atoms with Gasteiger partial charge in [0.1, 0.15) is 11.2 Å². The second-order valence-electron chi connectivity index (χ2n) is 20.0. The van der Waals surface area contributed by atoms with Crippen molar-refractivity contribution in [3.05, 3.63) is 230 Å². The van der Waals surface area contributed by atoms with Crippen molar-refractivity contribution in [2.75, 3.05) is 0 Å². The molecule has 0 bridgehead atoms. The average Bonchev–Trinajstić information content (AvgIpc) is 4.18. The second-order valence-corrected chi connectivity index (χ2v) is 20.0. The Balaban J connectivity index is 0.909. The van der Waals surface area contributed by atoms with E-state index in [2.05, 4.69) is 241 Å². The predicted molar refractivity (Wildman–Crippen MR) is 293 cm³/mol. The Bertz CT molecular complexity index is 4580. The fourth-order valence-corrected chi connectivity index (χ4v) is 12.8. The highest BCUT2D eigenvalue weighted by Gasteiger charge is 2.36. The van der Waals surface area contributed by atoms with Crippen molar-refractivity contribution in [1.29, 1.82) is 0 Å². The van der Waals surface area contributed by atoms with Crippen LogP contribution in [0.4, 0.5) is 0 Å². The summed E-state index contributed by atoms with van der Waals surface area (Å²) in [4.78, 5) is 0. The van der Waals surface area contributed by atoms with Crippen molar-refractivity contribution in [3.8, 4) is 67.0 Å². The van der Waals surface area contributed by atoms with Gasteiger partial charge in [0, 0.05) is 55.2 Å². The molecule has 0 unspecified atom stereocenters. The van der Waals surface area contributed by atoms with Crippen LogP contribution in [0, 0.1) is 0 Å². The maximum Gasteiger partial charge on any atom is 0.137 e. The van der Waals surface area contributed by atoms with E-state index < -0.39 is 0 Å². The van der Waals surface area contributed by atoms with Gasteiger partial charge in [0.15, 0.2) is 0 Å². The van der Waals surface area contributed by atoms with E-state index in [0.717, 1.165) is 38.7 Å². The molecule has 3 aromatic heterocycles. The van der Waals surface area contributed by atoms with Crippen LogP contribution in [0.5, 0.6) is 0 Å². The third-order valence-corrected chi connectivity index (χ3v) is 16.0. The number of nitrogens with zero attached hydrogens (tertiary/aromatic N) is 2. The van der Waals surface area contributed by atoms with Gasteiger partial charge in [-0.05, 0) is 150 Å². The average molecular weight is 891 g/mol. The summed E-state index contributed by atoms with van der Waals surface area (Å²) >= 11 is 0. The lowest BCUT2D eigenvalue weighted by atomic mass is 9.82. The molecule has 0 amide bonds. The fourth-order valence-electron chi connectivity index (χ4n) is 12.8. The number of aromatic nitrogens is 2. The molecule has 3 heterocycles. The van der Waals surface area contributed by atoms with E-state index in [1.165, 1.54) is 116 Å². The van der Waals surface area contributed by atoms with Crippen LogP contribution in [0.25, 0.3) is 143 Å². The van der Waals surface area contributed by atoms with Crippen LogP contribution in [0.3, 0.4) is 0 Å². The molecule has 0 N–H and O–H groups in total. The van der Waals surface area contributed by atoms with E-state index in [-0.39, 0.29) is 5.41 Å². The Morgan fingerprint density at radius 3 is 1.69 bits per heavy atom. The minimum Gasteiger partial charge on any atom is -0.456 e. The topological polar surface area (TPSA) is 23.0 Å². The molecule has 0 saturated carbocycles. The number of rotatable bonds is 4. The zero-order valence-corrected chi connectivity index (χ0v) is 38.6. The van der Waals surface area contributed by atoms with Crippen LogP contribution in [0.15, 0.2) is 223 Å². The number of hydrogen-bond acceptors (Lipinski definition) is 1. The molecule has 0 atom stereocenters. The van der Waals surface area contributed by atoms with Gasteiger partial charge in [-0.2, -0.15) is 0 Å². The van der Waals surface area contributed by atoms with Crippen molar-refractivity contribution in [2.24, 2.45) is 0 Å². The SMILES string of the molecule is CC1(C)c2ccccc2-c2cc3c4cc(-c5ccc6c(c5)c5cc7c(cc5n6-c5cccc(-c6ccc8c9c(cccc69)-c6ccccc6-8)c5)oc5ccccc57)ccc4n(-c4ccccc4)c3cc21. The lowest BCUT2D eigenvalue weighted by Crippen LogP contribution is -2.14. The molecule has 0 spiro atoms. The van der Waals surface area contributed by atoms with Gasteiger partial charge in [-0.25, -0.2) is 0 Å². The number of furan rings is 1. The van der Waals surface area contributed by atoms with Gasteiger partial charge in [-0.1, -0.05) is 153 Å². The highest BCUT2D eigenvalue weighted by Crippen LogP contribution is 2.52. The van der Waals surface area contributed by atoms with E-state index in [4.69, 9.17) is 4.42 Å². The summed E-state index contributed by atoms with van der Waals surface area (Å²) in [6.07, 6.45) is 0. The van der Waals surface area contributed by atoms with Crippen molar-refractivity contribution in [3.63, 3.8) is 0 Å². The minimum atomic E-state index is -0.100. The summed E-state index contributed by atoms with van der Waals surface area (Å²) in [6.45, 7) is 4.74. The first-order valence-electron chi connectivity index (χ1n) is 24.4. The van der Waals surface area contributed by atoms with Gasteiger partial charge in [0.25, 0.3) is 0 Å². The fraction of sp³-hybridized carbons (Fsp3) is 0.0448. The van der Waals surface area contributed by atoms with E-state index >= 15 is 0 Å². The van der Waals surface area contributed by atoms with Crippen molar-refractivity contribution in [2.45, 2.75) is 19.3 Å². The molecular weight excluding hydrogens is 849 g/mol. The van der Waals surface area contributed by atoms with E-state index in [1.807, 2.05) is 0 Å². The third-order valence-electron chi connectivity index (χ3n) is 16.0. The molecule has 0 aliphatic heterocycles. The second kappa shape index (κ2) is 13.6. The zero-order chi connectivity index (χ0) is 46.0. The van der Waals surface area contributed by atoms with Gasteiger partial charge in [-0.3, -0.25) is 0 Å². The first-order valence-corrected chi connectivity index (χ1v) is 24.4. The molecule has 2 aliphatic rings. The van der Waals surface area contributed by atoms with Crippen LogP contribution >= 0.6 is 0 Å². The van der Waals surface area contributed by atoms with E-state index in [1.54, 1.807) is 0 Å². The van der Waals surface area contributed by atoms with Crippen LogP contribution in [-0.4, -0.2) is 9.13 Å². The smallest absolute Gasteiger partial charge is 0.137 e. The van der Waals surface area contributed by atoms with Crippen LogP contribution < -0.4 is 0 Å². The summed E-state index contributed by atoms with van der Waals surface area (Å²) in [5.74, 6) is 0. The molecular formula is C67H42N2O. The lowest BCUT2D eigenvalue weighted by Gasteiger charge is -2.21. The molecule has 0 saturated heterocycles. The van der Waals surface area contributed by atoms with Crippen LogP contribution in [0.1, 0.15) is 25.0 Å². The summed E-state index contributed by atoms with van der Waals surface area (Å²) in [6, 6.07) is 81.2. The van der Waals surface area contributed by atoms with Crippen molar-refractivity contribution >= 4 is 76.3 Å². The number of fused-ring (bicyclic) bond motifs is 15. The zero-order valence-electron chi connectivity index (χ0n) is 38.6. The maximum absolute atomic E-state index is 6.59. The van der Waals surface area contributed by atoms with Gasteiger partial charge in [0.05, 0.1) is 22.1 Å². The van der Waals surface area contributed by atoms with Gasteiger partial charge < -0.3 is 13.6 Å².